The van der Waals surface area contributed by atoms with Gasteiger partial charge in [0.05, 0.1) is 26.1 Å². The zero-order valence-electron chi connectivity index (χ0n) is 15.3. The number of nitrogens with one attached hydrogen (secondary N) is 2. The van der Waals surface area contributed by atoms with E-state index in [2.05, 4.69) is 15.3 Å². The van der Waals surface area contributed by atoms with Crippen LogP contribution in [0.5, 0.6) is 11.5 Å². The molecule has 2 N–H and O–H groups in total. The maximum atomic E-state index is 12.7. The number of aromatic nitrogens is 3. The molecule has 2 aromatic heterocycles. The van der Waals surface area contributed by atoms with Crippen molar-refractivity contribution >= 4 is 27.8 Å². The topological polar surface area (TPSA) is 98.2 Å². The SMILES string of the molecule is COc1cc2[nH]c3c(=O)n(CC(=O)NCC(C)C)cnc3c2cc1OC. The van der Waals surface area contributed by atoms with Gasteiger partial charge in [0.1, 0.15) is 17.6 Å². The summed E-state index contributed by atoms with van der Waals surface area (Å²) in [6.45, 7) is 4.51. The Morgan fingerprint density at radius 1 is 1.27 bits per heavy atom. The summed E-state index contributed by atoms with van der Waals surface area (Å²) in [5.41, 5.74) is 1.28. The van der Waals surface area contributed by atoms with Crippen LogP contribution in [-0.4, -0.2) is 41.2 Å². The van der Waals surface area contributed by atoms with Crippen molar-refractivity contribution < 1.29 is 14.3 Å². The lowest BCUT2D eigenvalue weighted by molar-refractivity contribution is -0.121. The number of H-pyrrole nitrogens is 1. The number of aromatic amines is 1. The quantitative estimate of drug-likeness (QED) is 0.698. The van der Waals surface area contributed by atoms with Gasteiger partial charge >= 0.3 is 0 Å². The summed E-state index contributed by atoms with van der Waals surface area (Å²) >= 11 is 0. The van der Waals surface area contributed by atoms with Gasteiger partial charge in [-0.15, -0.1) is 0 Å². The molecular formula is C18H22N4O4. The summed E-state index contributed by atoms with van der Waals surface area (Å²) < 4.78 is 11.9. The highest BCUT2D eigenvalue weighted by Gasteiger charge is 2.15. The Morgan fingerprint density at radius 3 is 2.62 bits per heavy atom. The van der Waals surface area contributed by atoms with E-state index in [0.29, 0.717) is 40.5 Å². The van der Waals surface area contributed by atoms with Gasteiger partial charge in [0.2, 0.25) is 5.91 Å². The van der Waals surface area contributed by atoms with E-state index >= 15 is 0 Å². The summed E-state index contributed by atoms with van der Waals surface area (Å²) in [5.74, 6) is 1.23. The van der Waals surface area contributed by atoms with Gasteiger partial charge in [-0.1, -0.05) is 13.8 Å². The van der Waals surface area contributed by atoms with Gasteiger partial charge in [-0.3, -0.25) is 14.2 Å². The van der Waals surface area contributed by atoms with E-state index in [0.717, 1.165) is 5.39 Å². The molecule has 3 rings (SSSR count). The number of benzene rings is 1. The van der Waals surface area contributed by atoms with Crippen molar-refractivity contribution in [1.29, 1.82) is 0 Å². The number of rotatable bonds is 6. The summed E-state index contributed by atoms with van der Waals surface area (Å²) in [6.07, 6.45) is 1.39. The Bertz CT molecular complexity index is 1020. The number of nitrogens with zero attached hydrogens (tertiary/aromatic N) is 2. The van der Waals surface area contributed by atoms with Crippen molar-refractivity contribution in [1.82, 2.24) is 19.9 Å². The van der Waals surface area contributed by atoms with Gasteiger partial charge in [0.15, 0.2) is 11.5 Å². The lowest BCUT2D eigenvalue weighted by atomic mass is 10.2. The van der Waals surface area contributed by atoms with Crippen LogP contribution in [0, 0.1) is 5.92 Å². The second-order valence-electron chi connectivity index (χ2n) is 6.48. The molecule has 2 heterocycles. The summed E-state index contributed by atoms with van der Waals surface area (Å²) in [6, 6.07) is 3.54. The van der Waals surface area contributed by atoms with E-state index in [4.69, 9.17) is 9.47 Å². The molecule has 0 aliphatic carbocycles. The monoisotopic (exact) mass is 358 g/mol. The van der Waals surface area contributed by atoms with Crippen LogP contribution in [0.1, 0.15) is 13.8 Å². The van der Waals surface area contributed by atoms with Crippen LogP contribution in [-0.2, 0) is 11.3 Å². The number of methoxy groups -OCH3 is 2. The molecule has 0 saturated heterocycles. The second-order valence-corrected chi connectivity index (χ2v) is 6.48. The van der Waals surface area contributed by atoms with E-state index in [1.54, 1.807) is 26.4 Å². The molecule has 8 heteroatoms. The lowest BCUT2D eigenvalue weighted by Crippen LogP contribution is -2.34. The smallest absolute Gasteiger partial charge is 0.278 e. The van der Waals surface area contributed by atoms with Crippen LogP contribution in [0.4, 0.5) is 0 Å². The van der Waals surface area contributed by atoms with Crippen molar-refractivity contribution in [2.45, 2.75) is 20.4 Å². The predicted octanol–water partition coefficient (Wildman–Crippen LogP) is 1.67. The van der Waals surface area contributed by atoms with Gasteiger partial charge < -0.3 is 19.8 Å². The normalized spacial score (nSPS) is 11.3. The molecule has 0 saturated carbocycles. The molecule has 3 aromatic rings. The number of hydrogen-bond donors (Lipinski definition) is 2. The highest BCUT2D eigenvalue weighted by atomic mass is 16.5. The molecule has 0 spiro atoms. The molecule has 0 aliphatic rings. The zero-order valence-corrected chi connectivity index (χ0v) is 15.3. The fourth-order valence-electron chi connectivity index (χ4n) is 2.76. The largest absolute Gasteiger partial charge is 0.493 e. The zero-order chi connectivity index (χ0) is 18.8. The number of amides is 1. The minimum Gasteiger partial charge on any atom is -0.493 e. The highest BCUT2D eigenvalue weighted by molar-refractivity contribution is 6.05. The van der Waals surface area contributed by atoms with Crippen molar-refractivity contribution in [2.24, 2.45) is 5.92 Å². The minimum atomic E-state index is -0.302. The van der Waals surface area contributed by atoms with Crippen LogP contribution in [0.15, 0.2) is 23.3 Å². The molecule has 0 unspecified atom stereocenters. The van der Waals surface area contributed by atoms with E-state index in [-0.39, 0.29) is 18.0 Å². The molecule has 0 atom stereocenters. The predicted molar refractivity (Wildman–Crippen MR) is 98.8 cm³/mol. The average Bonchev–Trinajstić information content (AvgIpc) is 2.99. The third-order valence-electron chi connectivity index (χ3n) is 4.10. The summed E-state index contributed by atoms with van der Waals surface area (Å²) in [7, 11) is 3.10. The number of hydrogen-bond acceptors (Lipinski definition) is 5. The molecule has 1 aromatic carbocycles. The summed E-state index contributed by atoms with van der Waals surface area (Å²) in [5, 5.41) is 3.55. The molecule has 1 amide bonds. The van der Waals surface area contributed by atoms with Gasteiger partial charge in [0, 0.05) is 18.0 Å². The van der Waals surface area contributed by atoms with Gasteiger partial charge in [-0.05, 0) is 12.0 Å². The molecule has 0 aliphatic heterocycles. The third-order valence-corrected chi connectivity index (χ3v) is 4.10. The molecule has 0 fully saturated rings. The third kappa shape index (κ3) is 3.22. The van der Waals surface area contributed by atoms with Crippen molar-refractivity contribution in [3.8, 4) is 11.5 Å². The Morgan fingerprint density at radius 2 is 1.96 bits per heavy atom. The van der Waals surface area contributed by atoms with E-state index in [1.165, 1.54) is 10.9 Å². The molecule has 138 valence electrons. The molecule has 8 nitrogen and oxygen atoms in total. The van der Waals surface area contributed by atoms with Crippen LogP contribution >= 0.6 is 0 Å². The number of fused-ring (bicyclic) bond motifs is 3. The van der Waals surface area contributed by atoms with Crippen LogP contribution in [0.3, 0.4) is 0 Å². The van der Waals surface area contributed by atoms with Gasteiger partial charge in [0.25, 0.3) is 5.56 Å². The first-order valence-electron chi connectivity index (χ1n) is 8.34. The Kier molecular flexibility index (Phi) is 4.83. The number of ether oxygens (including phenoxy) is 2. The Balaban J connectivity index is 2.02. The highest BCUT2D eigenvalue weighted by Crippen LogP contribution is 2.34. The van der Waals surface area contributed by atoms with Gasteiger partial charge in [-0.2, -0.15) is 0 Å². The first-order valence-corrected chi connectivity index (χ1v) is 8.34. The number of carbonyl (C=O) groups excluding carboxylic acids is 1. The van der Waals surface area contributed by atoms with Crippen molar-refractivity contribution in [3.05, 3.63) is 28.8 Å². The Hall–Kier alpha value is -3.03. The molecule has 0 bridgehead atoms. The molecule has 26 heavy (non-hydrogen) atoms. The van der Waals surface area contributed by atoms with E-state index in [9.17, 15) is 9.59 Å². The first kappa shape index (κ1) is 17.8. The van der Waals surface area contributed by atoms with Crippen molar-refractivity contribution in [2.75, 3.05) is 20.8 Å². The maximum absolute atomic E-state index is 12.7. The Labute approximate surface area is 150 Å². The molecule has 0 radical (unpaired) electrons. The van der Waals surface area contributed by atoms with Crippen molar-refractivity contribution in [3.63, 3.8) is 0 Å². The fraction of sp³-hybridized carbons (Fsp3) is 0.389. The summed E-state index contributed by atoms with van der Waals surface area (Å²) in [4.78, 5) is 32.2. The van der Waals surface area contributed by atoms with Crippen LogP contribution < -0.4 is 20.3 Å². The van der Waals surface area contributed by atoms with E-state index in [1.807, 2.05) is 13.8 Å². The standard InChI is InChI=1S/C18H22N4O4/c1-10(2)7-19-15(23)8-22-9-20-16-11-5-13(25-3)14(26-4)6-12(11)21-17(16)18(22)24/h5-6,9-10,21H,7-8H2,1-4H3,(H,19,23). The minimum absolute atomic E-state index is 0.0729. The lowest BCUT2D eigenvalue weighted by Gasteiger charge is -2.08. The second kappa shape index (κ2) is 7.07. The number of carbonyl (C=O) groups is 1. The van der Waals surface area contributed by atoms with Crippen LogP contribution in [0.2, 0.25) is 0 Å². The first-order chi connectivity index (χ1) is 12.4. The molecular weight excluding hydrogens is 336 g/mol. The van der Waals surface area contributed by atoms with Gasteiger partial charge in [-0.25, -0.2) is 4.98 Å². The average molecular weight is 358 g/mol. The fourth-order valence-corrected chi connectivity index (χ4v) is 2.76. The van der Waals surface area contributed by atoms with Crippen LogP contribution in [0.25, 0.3) is 21.9 Å². The maximum Gasteiger partial charge on any atom is 0.278 e. The van der Waals surface area contributed by atoms with E-state index < -0.39 is 0 Å².